The van der Waals surface area contributed by atoms with Gasteiger partial charge >= 0.3 is 0 Å². The summed E-state index contributed by atoms with van der Waals surface area (Å²) in [5, 5.41) is 21.0. The van der Waals surface area contributed by atoms with Crippen LogP contribution in [0.2, 0.25) is 0 Å². The van der Waals surface area contributed by atoms with Crippen LogP contribution in [-0.4, -0.2) is 28.9 Å². The zero-order chi connectivity index (χ0) is 19.0. The quantitative estimate of drug-likeness (QED) is 0.841. The molecule has 2 aliphatic rings. The Morgan fingerprint density at radius 2 is 1.78 bits per heavy atom. The molecule has 144 valence electrons. The second-order valence-corrected chi connectivity index (χ2v) is 7.88. The van der Waals surface area contributed by atoms with Crippen LogP contribution in [0.15, 0.2) is 39.2 Å². The van der Waals surface area contributed by atoms with Crippen LogP contribution in [0.3, 0.4) is 0 Å². The second-order valence-electron chi connectivity index (χ2n) is 7.88. The summed E-state index contributed by atoms with van der Waals surface area (Å²) in [5.74, 6) is 1.60. The van der Waals surface area contributed by atoms with Gasteiger partial charge in [0.2, 0.25) is 0 Å². The van der Waals surface area contributed by atoms with Crippen molar-refractivity contribution in [1.82, 2.24) is 10.2 Å². The molecular formula is C20H28N6O. The van der Waals surface area contributed by atoms with E-state index in [0.717, 1.165) is 30.1 Å². The van der Waals surface area contributed by atoms with Crippen molar-refractivity contribution in [2.24, 2.45) is 10.4 Å². The average Bonchev–Trinajstić information content (AvgIpc) is 3.21. The first-order chi connectivity index (χ1) is 13.0. The van der Waals surface area contributed by atoms with E-state index in [4.69, 9.17) is 4.52 Å². The number of nitrogens with zero attached hydrogens (tertiary/aromatic N) is 5. The van der Waals surface area contributed by atoms with E-state index in [-0.39, 0.29) is 11.7 Å². The first-order valence-electron chi connectivity index (χ1n) is 9.71. The number of rotatable bonds is 4. The van der Waals surface area contributed by atoms with E-state index in [1.54, 1.807) is 0 Å². The third-order valence-electron chi connectivity index (χ3n) is 5.78. The fraction of sp³-hybridized carbons (Fsp3) is 0.550. The van der Waals surface area contributed by atoms with E-state index >= 15 is 0 Å². The molecule has 0 amide bonds. The maximum absolute atomic E-state index is 5.30. The highest BCUT2D eigenvalue weighted by Crippen LogP contribution is 2.42. The molecule has 1 aliphatic carbocycles. The molecule has 1 unspecified atom stereocenters. The molecule has 7 nitrogen and oxygen atoms in total. The van der Waals surface area contributed by atoms with E-state index in [1.165, 1.54) is 30.4 Å². The molecule has 2 aromatic rings. The van der Waals surface area contributed by atoms with Crippen LogP contribution in [0, 0.1) is 20.8 Å². The molecule has 1 aromatic carbocycles. The van der Waals surface area contributed by atoms with Gasteiger partial charge < -0.3 is 9.84 Å². The Labute approximate surface area is 160 Å². The lowest BCUT2D eigenvalue weighted by Gasteiger charge is -2.46. The standard InChI is InChI=1S/C20H28N6O/c1-14-9-8-10-15(2)18(14)26-19(25(4)23-24-26)20(11-6-5-7-12-20)21-17-13-16(3)27-22-17/h8-10,13,19H,5-7,11-12H2,1-4H3,(H,21,22). The smallest absolute Gasteiger partial charge is 0.170 e. The SMILES string of the molecule is Cc1cc(NC2(C3N(C)N=NN3c3c(C)cccc3C)CCCCC2)no1. The maximum Gasteiger partial charge on any atom is 0.170 e. The minimum absolute atomic E-state index is 0.0189. The van der Waals surface area contributed by atoms with Crippen LogP contribution in [0.4, 0.5) is 11.5 Å². The van der Waals surface area contributed by atoms with Crippen molar-refractivity contribution < 1.29 is 4.52 Å². The van der Waals surface area contributed by atoms with E-state index in [9.17, 15) is 0 Å². The number of aryl methyl sites for hydroxylation is 3. The molecule has 7 heteroatoms. The molecular weight excluding hydrogens is 340 g/mol. The molecule has 1 aliphatic heterocycles. The van der Waals surface area contributed by atoms with Gasteiger partial charge in [-0.2, -0.15) is 0 Å². The summed E-state index contributed by atoms with van der Waals surface area (Å²) in [5.41, 5.74) is 3.35. The summed E-state index contributed by atoms with van der Waals surface area (Å²) in [6, 6.07) is 8.32. The van der Waals surface area contributed by atoms with Gasteiger partial charge in [-0.15, -0.1) is 0 Å². The van der Waals surface area contributed by atoms with Crippen LogP contribution < -0.4 is 10.3 Å². The number of hydrogen-bond donors (Lipinski definition) is 1. The normalized spacial score (nSPS) is 21.7. The Kier molecular flexibility index (Phi) is 4.53. The Bertz CT molecular complexity index is 818. The molecule has 1 N–H and O–H groups in total. The van der Waals surface area contributed by atoms with E-state index < -0.39 is 0 Å². The van der Waals surface area contributed by atoms with Gasteiger partial charge in [0.25, 0.3) is 0 Å². The van der Waals surface area contributed by atoms with Crippen molar-refractivity contribution in [3.8, 4) is 0 Å². The lowest BCUT2D eigenvalue weighted by Crippen LogP contribution is -2.60. The number of benzene rings is 1. The molecule has 0 saturated heterocycles. The van der Waals surface area contributed by atoms with E-state index in [0.29, 0.717) is 0 Å². The summed E-state index contributed by atoms with van der Waals surface area (Å²) in [4.78, 5) is 0. The average molecular weight is 368 g/mol. The first kappa shape index (κ1) is 17.8. The predicted octanol–water partition coefficient (Wildman–Crippen LogP) is 4.77. The van der Waals surface area contributed by atoms with Crippen molar-refractivity contribution in [3.63, 3.8) is 0 Å². The zero-order valence-corrected chi connectivity index (χ0v) is 16.6. The Balaban J connectivity index is 1.75. The van der Waals surface area contributed by atoms with Crippen molar-refractivity contribution in [3.05, 3.63) is 41.2 Å². The number of likely N-dealkylation sites (N-methyl/N-ethyl adjacent to an activating group) is 1. The topological polar surface area (TPSA) is 69.3 Å². The molecule has 1 fully saturated rings. The summed E-state index contributed by atoms with van der Waals surface area (Å²) in [6.07, 6.45) is 5.68. The highest BCUT2D eigenvalue weighted by Gasteiger charge is 2.49. The number of anilines is 2. The van der Waals surface area contributed by atoms with E-state index in [2.05, 4.69) is 58.0 Å². The minimum atomic E-state index is -0.200. The molecule has 27 heavy (non-hydrogen) atoms. The minimum Gasteiger partial charge on any atom is -0.360 e. The van der Waals surface area contributed by atoms with Crippen LogP contribution >= 0.6 is 0 Å². The molecule has 2 heterocycles. The molecule has 0 spiro atoms. The zero-order valence-electron chi connectivity index (χ0n) is 16.6. The highest BCUT2D eigenvalue weighted by atomic mass is 16.5. The lowest BCUT2D eigenvalue weighted by atomic mass is 9.78. The van der Waals surface area contributed by atoms with Crippen LogP contribution in [0.5, 0.6) is 0 Å². The van der Waals surface area contributed by atoms with Gasteiger partial charge in [0, 0.05) is 13.1 Å². The Morgan fingerprint density at radius 3 is 2.41 bits per heavy atom. The van der Waals surface area contributed by atoms with Gasteiger partial charge in [-0.3, -0.25) is 5.01 Å². The van der Waals surface area contributed by atoms with Gasteiger partial charge in [-0.05, 0) is 50.0 Å². The summed E-state index contributed by atoms with van der Waals surface area (Å²) in [7, 11) is 2.01. The van der Waals surface area contributed by atoms with Crippen molar-refractivity contribution in [2.45, 2.75) is 64.6 Å². The van der Waals surface area contributed by atoms with Crippen molar-refractivity contribution in [1.29, 1.82) is 0 Å². The number of para-hydroxylation sites is 1. The Hall–Kier alpha value is -2.57. The third-order valence-corrected chi connectivity index (χ3v) is 5.78. The van der Waals surface area contributed by atoms with Gasteiger partial charge in [-0.1, -0.05) is 47.8 Å². The predicted molar refractivity (Wildman–Crippen MR) is 105 cm³/mol. The second kappa shape index (κ2) is 6.87. The fourth-order valence-corrected chi connectivity index (χ4v) is 4.60. The van der Waals surface area contributed by atoms with Gasteiger partial charge in [-0.25, -0.2) is 5.01 Å². The van der Waals surface area contributed by atoms with Crippen molar-refractivity contribution in [2.75, 3.05) is 17.4 Å². The van der Waals surface area contributed by atoms with Gasteiger partial charge in [0.15, 0.2) is 12.0 Å². The molecule has 0 radical (unpaired) electrons. The number of nitrogens with one attached hydrogen (secondary N) is 1. The molecule has 4 rings (SSSR count). The van der Waals surface area contributed by atoms with Gasteiger partial charge in [0.05, 0.1) is 11.2 Å². The van der Waals surface area contributed by atoms with Crippen molar-refractivity contribution >= 4 is 11.5 Å². The number of hydrogen-bond acceptors (Lipinski definition) is 7. The van der Waals surface area contributed by atoms with Gasteiger partial charge in [0.1, 0.15) is 5.76 Å². The molecule has 1 aromatic heterocycles. The molecule has 0 bridgehead atoms. The number of aromatic nitrogens is 1. The third kappa shape index (κ3) is 3.15. The van der Waals surface area contributed by atoms with Crippen LogP contribution in [0.25, 0.3) is 0 Å². The van der Waals surface area contributed by atoms with E-state index in [1.807, 2.05) is 25.0 Å². The summed E-state index contributed by atoms with van der Waals surface area (Å²) in [6.45, 7) is 6.19. The van der Waals surface area contributed by atoms with Crippen LogP contribution in [0.1, 0.15) is 49.0 Å². The Morgan fingerprint density at radius 1 is 1.07 bits per heavy atom. The monoisotopic (exact) mass is 368 g/mol. The molecule has 1 atom stereocenters. The van der Waals surface area contributed by atoms with Crippen LogP contribution in [-0.2, 0) is 0 Å². The molecule has 1 saturated carbocycles. The fourth-order valence-electron chi connectivity index (χ4n) is 4.60. The summed E-state index contributed by atoms with van der Waals surface area (Å²) < 4.78 is 5.30. The maximum atomic E-state index is 5.30. The largest absolute Gasteiger partial charge is 0.360 e. The summed E-state index contributed by atoms with van der Waals surface area (Å²) >= 11 is 0. The lowest BCUT2D eigenvalue weighted by molar-refractivity contribution is 0.152. The first-order valence-corrected chi connectivity index (χ1v) is 9.71. The highest BCUT2D eigenvalue weighted by molar-refractivity contribution is 5.60.